The van der Waals surface area contributed by atoms with Crippen LogP contribution in [0.15, 0.2) is 24.3 Å². The van der Waals surface area contributed by atoms with Crippen molar-refractivity contribution in [3.63, 3.8) is 0 Å². The normalized spacial score (nSPS) is 18.9. The number of rotatable bonds is 3. The van der Waals surface area contributed by atoms with E-state index >= 15 is 0 Å². The van der Waals surface area contributed by atoms with Gasteiger partial charge in [-0.3, -0.25) is 9.69 Å². The van der Waals surface area contributed by atoms with Gasteiger partial charge >= 0.3 is 0 Å². The van der Waals surface area contributed by atoms with Gasteiger partial charge in [0.1, 0.15) is 0 Å². The molecule has 3 N–H and O–H groups in total. The highest BCUT2D eigenvalue weighted by Crippen LogP contribution is 2.12. The molecule has 0 spiro atoms. The Morgan fingerprint density at radius 2 is 2.00 bits per heavy atom. The monoisotopic (exact) mass is 283 g/mol. The Morgan fingerprint density at radius 1 is 1.32 bits per heavy atom. The number of nitrogens with two attached hydrogens (primary N) is 1. The van der Waals surface area contributed by atoms with Crippen LogP contribution in [0, 0.1) is 0 Å². The third-order valence-electron chi connectivity index (χ3n) is 2.97. The van der Waals surface area contributed by atoms with Crippen molar-refractivity contribution in [3.8, 4) is 0 Å². The van der Waals surface area contributed by atoms with Crippen LogP contribution >= 0.6 is 0 Å². The summed E-state index contributed by atoms with van der Waals surface area (Å²) in [5.41, 5.74) is 6.85. The summed E-state index contributed by atoms with van der Waals surface area (Å²) in [6, 6.07) is 6.94. The molecule has 19 heavy (non-hydrogen) atoms. The largest absolute Gasteiger partial charge is 0.399 e. The third kappa shape index (κ3) is 4.22. The fourth-order valence-corrected chi connectivity index (χ4v) is 3.21. The van der Waals surface area contributed by atoms with E-state index in [4.69, 9.17) is 5.73 Å². The Kier molecular flexibility index (Phi) is 4.06. The molecule has 1 aromatic rings. The number of carbonyl (C=O) groups is 1. The SMILES string of the molecule is Nc1cccc(NC(=O)CN2CCS(=O)(=O)CC2)c1. The summed E-state index contributed by atoms with van der Waals surface area (Å²) in [6.45, 7) is 1.02. The van der Waals surface area contributed by atoms with Gasteiger partial charge in [0.25, 0.3) is 0 Å². The average molecular weight is 283 g/mol. The molecule has 0 aromatic heterocycles. The first-order chi connectivity index (χ1) is 8.94. The maximum atomic E-state index is 11.8. The van der Waals surface area contributed by atoms with Crippen molar-refractivity contribution in [1.82, 2.24) is 4.90 Å². The van der Waals surface area contributed by atoms with E-state index in [2.05, 4.69) is 5.32 Å². The molecule has 0 atom stereocenters. The van der Waals surface area contributed by atoms with Crippen LogP contribution in [-0.2, 0) is 14.6 Å². The van der Waals surface area contributed by atoms with Gasteiger partial charge in [-0.15, -0.1) is 0 Å². The number of carbonyl (C=O) groups excluding carboxylic acids is 1. The number of benzene rings is 1. The maximum absolute atomic E-state index is 11.8. The average Bonchev–Trinajstić information content (AvgIpc) is 2.32. The Morgan fingerprint density at radius 3 is 2.63 bits per heavy atom. The van der Waals surface area contributed by atoms with Gasteiger partial charge in [-0.1, -0.05) is 6.07 Å². The second kappa shape index (κ2) is 5.58. The fourth-order valence-electron chi connectivity index (χ4n) is 1.93. The lowest BCUT2D eigenvalue weighted by Gasteiger charge is -2.25. The van der Waals surface area contributed by atoms with Crippen LogP contribution in [-0.4, -0.2) is 50.4 Å². The Bertz CT molecular complexity index is 557. The summed E-state index contributed by atoms with van der Waals surface area (Å²) >= 11 is 0. The first kappa shape index (κ1) is 13.8. The molecule has 1 aliphatic heterocycles. The van der Waals surface area contributed by atoms with E-state index in [1.54, 1.807) is 24.3 Å². The highest BCUT2D eigenvalue weighted by atomic mass is 32.2. The highest BCUT2D eigenvalue weighted by Gasteiger charge is 2.22. The Balaban J connectivity index is 1.85. The molecule has 1 saturated heterocycles. The van der Waals surface area contributed by atoms with E-state index in [9.17, 15) is 13.2 Å². The van der Waals surface area contributed by atoms with Gasteiger partial charge in [0.15, 0.2) is 9.84 Å². The van der Waals surface area contributed by atoms with Crippen molar-refractivity contribution in [3.05, 3.63) is 24.3 Å². The number of sulfone groups is 1. The fraction of sp³-hybridized carbons (Fsp3) is 0.417. The molecule has 1 aliphatic rings. The minimum Gasteiger partial charge on any atom is -0.399 e. The van der Waals surface area contributed by atoms with Crippen LogP contribution in [0.2, 0.25) is 0 Å². The third-order valence-corrected chi connectivity index (χ3v) is 4.58. The molecule has 0 aliphatic carbocycles. The number of anilines is 2. The van der Waals surface area contributed by atoms with E-state index < -0.39 is 9.84 Å². The van der Waals surface area contributed by atoms with Gasteiger partial charge in [-0.2, -0.15) is 0 Å². The lowest BCUT2D eigenvalue weighted by atomic mass is 10.3. The zero-order valence-corrected chi connectivity index (χ0v) is 11.3. The molecule has 0 bridgehead atoms. The molecule has 2 rings (SSSR count). The molecule has 0 saturated carbocycles. The van der Waals surface area contributed by atoms with Gasteiger partial charge in [0.2, 0.25) is 5.91 Å². The number of nitrogen functional groups attached to an aromatic ring is 1. The first-order valence-corrected chi connectivity index (χ1v) is 7.85. The molecule has 0 unspecified atom stereocenters. The van der Waals surface area contributed by atoms with Crippen LogP contribution < -0.4 is 11.1 Å². The second-order valence-electron chi connectivity index (χ2n) is 4.60. The molecule has 1 heterocycles. The molecule has 6 nitrogen and oxygen atoms in total. The first-order valence-electron chi connectivity index (χ1n) is 6.03. The summed E-state index contributed by atoms with van der Waals surface area (Å²) in [5, 5.41) is 2.74. The Hall–Kier alpha value is -1.60. The molecule has 104 valence electrons. The van der Waals surface area contributed by atoms with Gasteiger partial charge < -0.3 is 11.1 Å². The zero-order valence-electron chi connectivity index (χ0n) is 10.5. The van der Waals surface area contributed by atoms with Crippen LogP contribution in [0.1, 0.15) is 0 Å². The van der Waals surface area contributed by atoms with Crippen molar-refractivity contribution in [2.75, 3.05) is 42.2 Å². The minimum atomic E-state index is -2.91. The zero-order chi connectivity index (χ0) is 13.9. The smallest absolute Gasteiger partial charge is 0.238 e. The van der Waals surface area contributed by atoms with Crippen LogP contribution in [0.5, 0.6) is 0 Å². The van der Waals surface area contributed by atoms with Crippen LogP contribution in [0.4, 0.5) is 11.4 Å². The van der Waals surface area contributed by atoms with Crippen molar-refractivity contribution in [1.29, 1.82) is 0 Å². The van der Waals surface area contributed by atoms with E-state index in [1.807, 2.05) is 4.90 Å². The van der Waals surface area contributed by atoms with Gasteiger partial charge in [0.05, 0.1) is 18.1 Å². The van der Waals surface area contributed by atoms with Gasteiger partial charge in [-0.25, -0.2) is 8.42 Å². The molecule has 1 aromatic carbocycles. The minimum absolute atomic E-state index is 0.124. The number of nitrogens with one attached hydrogen (secondary N) is 1. The predicted molar refractivity (Wildman–Crippen MR) is 74.6 cm³/mol. The number of amides is 1. The summed E-state index contributed by atoms with van der Waals surface area (Å²) in [6.07, 6.45) is 0. The highest BCUT2D eigenvalue weighted by molar-refractivity contribution is 7.91. The van der Waals surface area contributed by atoms with Gasteiger partial charge in [-0.05, 0) is 18.2 Å². The second-order valence-corrected chi connectivity index (χ2v) is 6.91. The summed E-state index contributed by atoms with van der Waals surface area (Å²) in [4.78, 5) is 13.6. The topological polar surface area (TPSA) is 92.5 Å². The number of hydrogen-bond donors (Lipinski definition) is 2. The van der Waals surface area contributed by atoms with Crippen molar-refractivity contribution in [2.24, 2.45) is 0 Å². The van der Waals surface area contributed by atoms with Gasteiger partial charge in [0, 0.05) is 24.5 Å². The molecule has 1 amide bonds. The standard InChI is InChI=1S/C12H17N3O3S/c13-10-2-1-3-11(8-10)14-12(16)9-15-4-6-19(17,18)7-5-15/h1-3,8H,4-7,9,13H2,(H,14,16). The molecular weight excluding hydrogens is 266 g/mol. The summed E-state index contributed by atoms with van der Waals surface area (Å²) in [5.74, 6) is 0.0850. The molecular formula is C12H17N3O3S. The summed E-state index contributed by atoms with van der Waals surface area (Å²) in [7, 11) is -2.91. The predicted octanol–water partition coefficient (Wildman–Crippen LogP) is -0.0623. The quantitative estimate of drug-likeness (QED) is 0.758. The molecule has 7 heteroatoms. The van der Waals surface area contributed by atoms with E-state index in [-0.39, 0.29) is 24.0 Å². The van der Waals surface area contributed by atoms with Crippen molar-refractivity contribution < 1.29 is 13.2 Å². The van der Waals surface area contributed by atoms with E-state index in [0.29, 0.717) is 24.5 Å². The van der Waals surface area contributed by atoms with Crippen molar-refractivity contribution in [2.45, 2.75) is 0 Å². The number of nitrogens with zero attached hydrogens (tertiary/aromatic N) is 1. The van der Waals surface area contributed by atoms with E-state index in [0.717, 1.165) is 0 Å². The summed E-state index contributed by atoms with van der Waals surface area (Å²) < 4.78 is 22.5. The number of hydrogen-bond acceptors (Lipinski definition) is 5. The molecule has 0 radical (unpaired) electrons. The Labute approximate surface area is 112 Å². The molecule has 1 fully saturated rings. The van der Waals surface area contributed by atoms with E-state index in [1.165, 1.54) is 0 Å². The lowest BCUT2D eigenvalue weighted by molar-refractivity contribution is -0.117. The van der Waals surface area contributed by atoms with Crippen molar-refractivity contribution >= 4 is 27.1 Å². The lowest BCUT2D eigenvalue weighted by Crippen LogP contribution is -2.43. The maximum Gasteiger partial charge on any atom is 0.238 e. The van der Waals surface area contributed by atoms with Crippen LogP contribution in [0.25, 0.3) is 0 Å². The van der Waals surface area contributed by atoms with Crippen LogP contribution in [0.3, 0.4) is 0 Å².